The minimum absolute atomic E-state index is 0.157. The summed E-state index contributed by atoms with van der Waals surface area (Å²) < 4.78 is 0. The van der Waals surface area contributed by atoms with E-state index in [1.165, 1.54) is 23.1 Å². The Morgan fingerprint density at radius 1 is 1.23 bits per heavy atom. The van der Waals surface area contributed by atoms with Crippen LogP contribution in [0.4, 0.5) is 5.13 Å². The number of rotatable bonds is 4. The topological polar surface area (TPSA) is 78.7 Å². The third-order valence-electron chi connectivity index (χ3n) is 4.10. The van der Waals surface area contributed by atoms with Crippen molar-refractivity contribution in [1.82, 2.24) is 9.97 Å². The molecule has 132 valence electrons. The molecular weight excluding hydrogens is 364 g/mol. The van der Waals surface area contributed by atoms with E-state index in [0.717, 1.165) is 32.6 Å². The van der Waals surface area contributed by atoms with Gasteiger partial charge in [-0.2, -0.15) is 5.26 Å². The highest BCUT2D eigenvalue weighted by Gasteiger charge is 2.13. The van der Waals surface area contributed by atoms with E-state index < -0.39 is 0 Å². The molecule has 0 fully saturated rings. The predicted octanol–water partition coefficient (Wildman–Crippen LogP) is 4.53. The number of nitrogens with zero attached hydrogens (tertiary/aromatic N) is 3. The number of thiazole rings is 1. The molecule has 0 saturated carbocycles. The largest absolute Gasteiger partial charge is 0.301 e. The quantitative estimate of drug-likeness (QED) is 0.671. The number of fused-ring (bicyclic) bond motifs is 1. The molecule has 0 atom stereocenters. The summed E-state index contributed by atoms with van der Waals surface area (Å²) in [4.78, 5) is 22.3. The molecule has 2 aromatic heterocycles. The highest BCUT2D eigenvalue weighted by atomic mass is 32.2. The smallest absolute Gasteiger partial charge is 0.236 e. The van der Waals surface area contributed by atoms with Gasteiger partial charge >= 0.3 is 0 Å². The van der Waals surface area contributed by atoms with E-state index in [-0.39, 0.29) is 11.7 Å². The van der Waals surface area contributed by atoms with Crippen LogP contribution < -0.4 is 5.32 Å². The minimum Gasteiger partial charge on any atom is -0.301 e. The zero-order valence-electron chi connectivity index (χ0n) is 15.0. The number of aromatic nitrogens is 2. The molecular formula is C19H18N4OS2. The van der Waals surface area contributed by atoms with Crippen LogP contribution in [-0.4, -0.2) is 21.6 Å². The SMILES string of the molecule is Cc1nc(NC(=O)CSc2nc3c(C)ccc(C)c3cc2C#N)sc1C. The van der Waals surface area contributed by atoms with Gasteiger partial charge in [0.15, 0.2) is 5.13 Å². The number of anilines is 1. The Morgan fingerprint density at radius 2 is 1.96 bits per heavy atom. The molecule has 3 aromatic rings. The van der Waals surface area contributed by atoms with Gasteiger partial charge in [-0.25, -0.2) is 9.97 Å². The number of nitriles is 1. The minimum atomic E-state index is -0.157. The highest BCUT2D eigenvalue weighted by Crippen LogP contribution is 2.28. The zero-order valence-corrected chi connectivity index (χ0v) is 16.6. The summed E-state index contributed by atoms with van der Waals surface area (Å²) in [5, 5.41) is 14.4. The molecule has 1 aromatic carbocycles. The lowest BCUT2D eigenvalue weighted by Crippen LogP contribution is -2.14. The molecule has 3 rings (SSSR count). The summed E-state index contributed by atoms with van der Waals surface area (Å²) in [6.45, 7) is 7.89. The number of carbonyl (C=O) groups is 1. The number of carbonyl (C=O) groups excluding carboxylic acids is 1. The van der Waals surface area contributed by atoms with Crippen LogP contribution in [-0.2, 0) is 4.79 Å². The fraction of sp³-hybridized carbons (Fsp3) is 0.263. The zero-order chi connectivity index (χ0) is 18.8. The standard InChI is InChI=1S/C19H18N4OS2/c1-10-5-6-11(2)17-15(10)7-14(8-20)18(23-17)25-9-16(24)22-19-21-12(3)13(4)26-19/h5-7H,9H2,1-4H3,(H,21,22,24). The summed E-state index contributed by atoms with van der Waals surface area (Å²) in [5.41, 5.74) is 4.42. The Kier molecular flexibility index (Phi) is 5.25. The number of amides is 1. The van der Waals surface area contributed by atoms with Crippen LogP contribution in [0.25, 0.3) is 10.9 Å². The van der Waals surface area contributed by atoms with E-state index in [9.17, 15) is 10.1 Å². The van der Waals surface area contributed by atoms with Gasteiger partial charge in [0.25, 0.3) is 0 Å². The number of benzene rings is 1. The van der Waals surface area contributed by atoms with Gasteiger partial charge in [0.2, 0.25) is 5.91 Å². The van der Waals surface area contributed by atoms with Crippen molar-refractivity contribution in [2.45, 2.75) is 32.7 Å². The molecule has 26 heavy (non-hydrogen) atoms. The monoisotopic (exact) mass is 382 g/mol. The Bertz CT molecular complexity index is 1030. The van der Waals surface area contributed by atoms with E-state index in [1.807, 2.05) is 45.9 Å². The van der Waals surface area contributed by atoms with Crippen molar-refractivity contribution in [2.75, 3.05) is 11.1 Å². The lowest BCUT2D eigenvalue weighted by Gasteiger charge is -2.09. The molecule has 0 unspecified atom stereocenters. The maximum Gasteiger partial charge on any atom is 0.236 e. The van der Waals surface area contributed by atoms with Crippen molar-refractivity contribution < 1.29 is 4.79 Å². The first-order valence-electron chi connectivity index (χ1n) is 8.06. The Balaban J connectivity index is 1.81. The molecule has 0 aliphatic carbocycles. The normalized spacial score (nSPS) is 10.7. The first kappa shape index (κ1) is 18.4. The summed E-state index contributed by atoms with van der Waals surface area (Å²) in [5.74, 6) is 0.0194. The Morgan fingerprint density at radius 3 is 2.62 bits per heavy atom. The summed E-state index contributed by atoms with van der Waals surface area (Å²) in [7, 11) is 0. The second-order valence-corrected chi connectivity index (χ2v) is 8.21. The molecule has 0 aliphatic heterocycles. The van der Waals surface area contributed by atoms with Gasteiger partial charge in [0.05, 0.1) is 22.5 Å². The fourth-order valence-corrected chi connectivity index (χ4v) is 4.11. The van der Waals surface area contributed by atoms with Gasteiger partial charge in [-0.3, -0.25) is 4.79 Å². The molecule has 0 aliphatic rings. The predicted molar refractivity (Wildman–Crippen MR) is 107 cm³/mol. The van der Waals surface area contributed by atoms with Gasteiger partial charge in [-0.15, -0.1) is 11.3 Å². The maximum atomic E-state index is 12.2. The summed E-state index contributed by atoms with van der Waals surface area (Å²) in [6, 6.07) is 8.10. The molecule has 7 heteroatoms. The van der Waals surface area contributed by atoms with Crippen LogP contribution in [0.1, 0.15) is 27.3 Å². The van der Waals surface area contributed by atoms with Crippen LogP contribution in [0.2, 0.25) is 0 Å². The van der Waals surface area contributed by atoms with Gasteiger partial charge in [-0.05, 0) is 44.9 Å². The van der Waals surface area contributed by atoms with Crippen molar-refractivity contribution >= 4 is 45.0 Å². The second-order valence-electron chi connectivity index (χ2n) is 6.05. The van der Waals surface area contributed by atoms with E-state index in [0.29, 0.717) is 15.7 Å². The summed E-state index contributed by atoms with van der Waals surface area (Å²) >= 11 is 2.73. The maximum absolute atomic E-state index is 12.2. The van der Waals surface area contributed by atoms with Crippen LogP contribution in [0.3, 0.4) is 0 Å². The average molecular weight is 383 g/mol. The number of aryl methyl sites for hydroxylation is 4. The van der Waals surface area contributed by atoms with Crippen molar-refractivity contribution in [3.63, 3.8) is 0 Å². The molecule has 0 spiro atoms. The van der Waals surface area contributed by atoms with Crippen molar-refractivity contribution in [1.29, 1.82) is 5.26 Å². The van der Waals surface area contributed by atoms with Crippen molar-refractivity contribution in [3.8, 4) is 6.07 Å². The van der Waals surface area contributed by atoms with Gasteiger partial charge < -0.3 is 5.32 Å². The molecule has 1 N–H and O–H groups in total. The number of thioether (sulfide) groups is 1. The van der Waals surface area contributed by atoms with Gasteiger partial charge in [-0.1, -0.05) is 23.9 Å². The van der Waals surface area contributed by atoms with Crippen LogP contribution in [0.15, 0.2) is 23.2 Å². The lowest BCUT2D eigenvalue weighted by atomic mass is 10.0. The molecule has 2 heterocycles. The molecule has 0 radical (unpaired) electrons. The Labute approximate surface area is 160 Å². The first-order chi connectivity index (χ1) is 12.4. The van der Waals surface area contributed by atoms with Gasteiger partial charge in [0, 0.05) is 10.3 Å². The van der Waals surface area contributed by atoms with E-state index >= 15 is 0 Å². The highest BCUT2D eigenvalue weighted by molar-refractivity contribution is 8.00. The third-order valence-corrected chi connectivity index (χ3v) is 6.08. The molecule has 0 bridgehead atoms. The number of hydrogen-bond donors (Lipinski definition) is 1. The molecule has 5 nitrogen and oxygen atoms in total. The van der Waals surface area contributed by atoms with E-state index in [4.69, 9.17) is 0 Å². The van der Waals surface area contributed by atoms with Gasteiger partial charge in [0.1, 0.15) is 11.1 Å². The number of pyridine rings is 1. The first-order valence-corrected chi connectivity index (χ1v) is 9.87. The lowest BCUT2D eigenvalue weighted by molar-refractivity contribution is -0.113. The number of hydrogen-bond acceptors (Lipinski definition) is 6. The fourth-order valence-electron chi connectivity index (χ4n) is 2.52. The van der Waals surface area contributed by atoms with E-state index in [1.54, 1.807) is 0 Å². The van der Waals surface area contributed by atoms with Crippen LogP contribution in [0.5, 0.6) is 0 Å². The van der Waals surface area contributed by atoms with Crippen molar-refractivity contribution in [3.05, 3.63) is 45.5 Å². The van der Waals surface area contributed by atoms with Crippen LogP contribution in [0, 0.1) is 39.0 Å². The molecule has 1 amide bonds. The Hall–Kier alpha value is -2.43. The number of nitrogens with one attached hydrogen (secondary N) is 1. The second kappa shape index (κ2) is 7.44. The van der Waals surface area contributed by atoms with Crippen LogP contribution >= 0.6 is 23.1 Å². The average Bonchev–Trinajstić information content (AvgIpc) is 2.93. The van der Waals surface area contributed by atoms with E-state index in [2.05, 4.69) is 21.4 Å². The van der Waals surface area contributed by atoms with Crippen molar-refractivity contribution in [2.24, 2.45) is 0 Å². The third kappa shape index (κ3) is 3.71. The summed E-state index contributed by atoms with van der Waals surface area (Å²) in [6.07, 6.45) is 0. The molecule has 0 saturated heterocycles.